The Morgan fingerprint density at radius 2 is 1.81 bits per heavy atom. The molecule has 0 saturated heterocycles. The predicted octanol–water partition coefficient (Wildman–Crippen LogP) is 2.59. The minimum absolute atomic E-state index is 0.00344. The first-order valence-electron chi connectivity index (χ1n) is 8.80. The third-order valence-electron chi connectivity index (χ3n) is 4.24. The Hall–Kier alpha value is -3.09. The quantitative estimate of drug-likeness (QED) is 0.705. The van der Waals surface area contributed by atoms with Crippen molar-refractivity contribution in [3.05, 3.63) is 42.0 Å². The number of fused-ring (bicyclic) bond motifs is 1. The van der Waals surface area contributed by atoms with E-state index in [0.29, 0.717) is 31.0 Å². The molecule has 7 nitrogen and oxygen atoms in total. The molecule has 0 fully saturated rings. The summed E-state index contributed by atoms with van der Waals surface area (Å²) in [5, 5.41) is 6.14. The molecule has 0 radical (unpaired) electrons. The number of methoxy groups -OCH3 is 2. The zero-order valence-electron chi connectivity index (χ0n) is 15.5. The lowest BCUT2D eigenvalue weighted by Crippen LogP contribution is -2.27. The zero-order chi connectivity index (χ0) is 19.1. The summed E-state index contributed by atoms with van der Waals surface area (Å²) in [6.07, 6.45) is 1.11. The Bertz CT molecular complexity index is 794. The third-order valence-corrected chi connectivity index (χ3v) is 4.24. The molecule has 0 atom stereocenters. The smallest absolute Gasteiger partial charge is 0.231 e. The minimum atomic E-state index is 0.00344. The number of nitrogens with one attached hydrogen (secondary N) is 2. The Morgan fingerprint density at radius 1 is 1.00 bits per heavy atom. The summed E-state index contributed by atoms with van der Waals surface area (Å²) in [5.74, 6) is 2.85. The SMILES string of the molecule is COc1ccc(CCNC(=O)CCNc2ccc3c(c2)OCO3)cc1OC. The van der Waals surface area contributed by atoms with Gasteiger partial charge in [0.2, 0.25) is 12.7 Å². The normalized spacial score (nSPS) is 11.8. The van der Waals surface area contributed by atoms with E-state index in [4.69, 9.17) is 18.9 Å². The lowest BCUT2D eigenvalue weighted by molar-refractivity contribution is -0.120. The van der Waals surface area contributed by atoms with Gasteiger partial charge in [-0.2, -0.15) is 0 Å². The number of hydrogen-bond donors (Lipinski definition) is 2. The van der Waals surface area contributed by atoms with Crippen LogP contribution in [0.25, 0.3) is 0 Å². The summed E-state index contributed by atoms with van der Waals surface area (Å²) >= 11 is 0. The molecule has 0 saturated carbocycles. The fourth-order valence-electron chi connectivity index (χ4n) is 2.80. The van der Waals surface area contributed by atoms with Gasteiger partial charge in [0.05, 0.1) is 14.2 Å². The molecule has 7 heteroatoms. The van der Waals surface area contributed by atoms with Crippen molar-refractivity contribution in [2.45, 2.75) is 12.8 Å². The first-order chi connectivity index (χ1) is 13.2. The van der Waals surface area contributed by atoms with Crippen LogP contribution in [-0.4, -0.2) is 40.0 Å². The second-order valence-electron chi connectivity index (χ2n) is 6.03. The van der Waals surface area contributed by atoms with Crippen LogP contribution in [0.3, 0.4) is 0 Å². The summed E-state index contributed by atoms with van der Waals surface area (Å²) < 4.78 is 21.1. The van der Waals surface area contributed by atoms with Gasteiger partial charge in [0.1, 0.15) is 0 Å². The highest BCUT2D eigenvalue weighted by Gasteiger charge is 2.13. The van der Waals surface area contributed by atoms with Crippen LogP contribution in [0.2, 0.25) is 0 Å². The highest BCUT2D eigenvalue weighted by Crippen LogP contribution is 2.34. The van der Waals surface area contributed by atoms with Gasteiger partial charge in [0.25, 0.3) is 0 Å². The maximum atomic E-state index is 12.0. The van der Waals surface area contributed by atoms with Crippen LogP contribution in [0.1, 0.15) is 12.0 Å². The molecule has 0 aromatic heterocycles. The van der Waals surface area contributed by atoms with Crippen molar-refractivity contribution < 1.29 is 23.7 Å². The molecule has 0 aliphatic carbocycles. The van der Waals surface area contributed by atoms with E-state index in [0.717, 1.165) is 29.2 Å². The van der Waals surface area contributed by atoms with Gasteiger partial charge in [0, 0.05) is 31.3 Å². The molecule has 3 rings (SSSR count). The van der Waals surface area contributed by atoms with Crippen molar-refractivity contribution in [2.75, 3.05) is 39.4 Å². The van der Waals surface area contributed by atoms with E-state index in [1.54, 1.807) is 14.2 Å². The molecule has 1 aliphatic heterocycles. The van der Waals surface area contributed by atoms with Gasteiger partial charge in [-0.3, -0.25) is 4.79 Å². The van der Waals surface area contributed by atoms with Gasteiger partial charge in [-0.15, -0.1) is 0 Å². The average molecular weight is 372 g/mol. The van der Waals surface area contributed by atoms with Crippen LogP contribution in [0.4, 0.5) is 5.69 Å². The van der Waals surface area contributed by atoms with E-state index in [9.17, 15) is 4.79 Å². The molecule has 2 aromatic rings. The molecular formula is C20H24N2O5. The Labute approximate surface area is 158 Å². The summed E-state index contributed by atoms with van der Waals surface area (Å²) in [5.41, 5.74) is 1.98. The Kier molecular flexibility index (Phi) is 6.25. The van der Waals surface area contributed by atoms with Gasteiger partial charge in [-0.25, -0.2) is 0 Å². The molecule has 1 aliphatic rings. The first-order valence-corrected chi connectivity index (χ1v) is 8.80. The van der Waals surface area contributed by atoms with Gasteiger partial charge >= 0.3 is 0 Å². The number of ether oxygens (including phenoxy) is 4. The summed E-state index contributed by atoms with van der Waals surface area (Å²) in [6, 6.07) is 11.4. The lowest BCUT2D eigenvalue weighted by Gasteiger charge is -2.10. The van der Waals surface area contributed by atoms with Crippen LogP contribution in [0.15, 0.2) is 36.4 Å². The van der Waals surface area contributed by atoms with Crippen molar-refractivity contribution in [3.8, 4) is 23.0 Å². The van der Waals surface area contributed by atoms with Gasteiger partial charge in [-0.05, 0) is 36.2 Å². The van der Waals surface area contributed by atoms with Crippen LogP contribution in [0, 0.1) is 0 Å². The van der Waals surface area contributed by atoms with Gasteiger partial charge in [-0.1, -0.05) is 6.07 Å². The summed E-state index contributed by atoms with van der Waals surface area (Å²) in [6.45, 7) is 1.36. The predicted molar refractivity (Wildman–Crippen MR) is 102 cm³/mol. The molecule has 0 unspecified atom stereocenters. The molecule has 1 heterocycles. The Morgan fingerprint density at radius 3 is 2.63 bits per heavy atom. The second kappa shape index (κ2) is 9.02. The molecule has 1 amide bonds. The maximum absolute atomic E-state index is 12.0. The zero-order valence-corrected chi connectivity index (χ0v) is 15.5. The molecule has 0 bridgehead atoms. The van der Waals surface area contributed by atoms with Gasteiger partial charge in [0.15, 0.2) is 23.0 Å². The van der Waals surface area contributed by atoms with Gasteiger partial charge < -0.3 is 29.6 Å². The van der Waals surface area contributed by atoms with Crippen molar-refractivity contribution in [3.63, 3.8) is 0 Å². The van der Waals surface area contributed by atoms with E-state index in [1.165, 1.54) is 0 Å². The van der Waals surface area contributed by atoms with E-state index in [2.05, 4.69) is 10.6 Å². The monoisotopic (exact) mass is 372 g/mol. The number of rotatable bonds is 9. The molecule has 0 spiro atoms. The van der Waals surface area contributed by atoms with E-state index in [1.807, 2.05) is 36.4 Å². The topological polar surface area (TPSA) is 78.1 Å². The third kappa shape index (κ3) is 4.97. The van der Waals surface area contributed by atoms with Crippen LogP contribution >= 0.6 is 0 Å². The van der Waals surface area contributed by atoms with E-state index < -0.39 is 0 Å². The first kappa shape index (κ1) is 18.7. The van der Waals surface area contributed by atoms with Crippen molar-refractivity contribution in [1.82, 2.24) is 5.32 Å². The van der Waals surface area contributed by atoms with E-state index >= 15 is 0 Å². The molecule has 27 heavy (non-hydrogen) atoms. The maximum Gasteiger partial charge on any atom is 0.231 e. The molecule has 144 valence electrons. The number of carbonyl (C=O) groups is 1. The highest BCUT2D eigenvalue weighted by atomic mass is 16.7. The van der Waals surface area contributed by atoms with Crippen LogP contribution in [-0.2, 0) is 11.2 Å². The molecular weight excluding hydrogens is 348 g/mol. The summed E-state index contributed by atoms with van der Waals surface area (Å²) in [7, 11) is 3.21. The highest BCUT2D eigenvalue weighted by molar-refractivity contribution is 5.76. The molecule has 2 aromatic carbocycles. The standard InChI is InChI=1S/C20H24N2O5/c1-24-16-5-3-14(11-18(16)25-2)7-9-22-20(23)8-10-21-15-4-6-17-19(12-15)27-13-26-17/h3-6,11-12,21H,7-10,13H2,1-2H3,(H,22,23). The number of carbonyl (C=O) groups excluding carboxylic acids is 1. The van der Waals surface area contributed by atoms with Crippen molar-refractivity contribution in [1.29, 1.82) is 0 Å². The van der Waals surface area contributed by atoms with Crippen molar-refractivity contribution in [2.24, 2.45) is 0 Å². The number of hydrogen-bond acceptors (Lipinski definition) is 6. The number of benzene rings is 2. The second-order valence-corrected chi connectivity index (χ2v) is 6.03. The van der Waals surface area contributed by atoms with E-state index in [-0.39, 0.29) is 12.7 Å². The van der Waals surface area contributed by atoms with Crippen molar-refractivity contribution >= 4 is 11.6 Å². The van der Waals surface area contributed by atoms with Crippen LogP contribution in [0.5, 0.6) is 23.0 Å². The average Bonchev–Trinajstić information content (AvgIpc) is 3.15. The minimum Gasteiger partial charge on any atom is -0.493 e. The molecule has 2 N–H and O–H groups in total. The Balaban J connectivity index is 1.37. The number of anilines is 1. The fourth-order valence-corrected chi connectivity index (χ4v) is 2.80. The lowest BCUT2D eigenvalue weighted by atomic mass is 10.1. The largest absolute Gasteiger partial charge is 0.493 e. The summed E-state index contributed by atoms with van der Waals surface area (Å²) in [4.78, 5) is 12.0. The van der Waals surface area contributed by atoms with Crippen LogP contribution < -0.4 is 29.6 Å². The fraction of sp³-hybridized carbons (Fsp3) is 0.350. The number of amides is 1.